The van der Waals surface area contributed by atoms with Gasteiger partial charge in [-0.1, -0.05) is 13.0 Å². The molecule has 2 saturated heterocycles. The predicted octanol–water partition coefficient (Wildman–Crippen LogP) is 3.38. The molecule has 2 aliphatic rings. The Bertz CT molecular complexity index is 658. The van der Waals surface area contributed by atoms with Gasteiger partial charge in [0, 0.05) is 31.2 Å². The summed E-state index contributed by atoms with van der Waals surface area (Å²) < 4.78 is 0. The van der Waals surface area contributed by atoms with E-state index in [4.69, 9.17) is 0 Å². The monoisotopic (exact) mass is 343 g/mol. The third kappa shape index (κ3) is 3.80. The van der Waals surface area contributed by atoms with Crippen molar-refractivity contribution >= 4 is 17.6 Å². The molecular formula is C20H29N3O2. The molecule has 0 aromatic heterocycles. The fourth-order valence-corrected chi connectivity index (χ4v) is 3.90. The van der Waals surface area contributed by atoms with Gasteiger partial charge < -0.3 is 15.1 Å². The van der Waals surface area contributed by atoms with E-state index in [1.165, 1.54) is 17.5 Å². The Balaban J connectivity index is 1.64. The van der Waals surface area contributed by atoms with Crippen LogP contribution in [0.15, 0.2) is 18.2 Å². The van der Waals surface area contributed by atoms with Gasteiger partial charge in [0.05, 0.1) is 6.04 Å². The topological polar surface area (TPSA) is 52.7 Å². The maximum atomic E-state index is 12.7. The SMILES string of the molecule is CC[C@@H]1CCCCN1C(=O)N[C@H]1CC(=O)N(c2ccc(C)c(C)c2)C1. The van der Waals surface area contributed by atoms with Crippen molar-refractivity contribution in [3.05, 3.63) is 29.3 Å². The molecule has 1 aromatic carbocycles. The number of anilines is 1. The molecule has 25 heavy (non-hydrogen) atoms. The predicted molar refractivity (Wildman–Crippen MR) is 99.8 cm³/mol. The van der Waals surface area contributed by atoms with Crippen molar-refractivity contribution in [2.45, 2.75) is 65.0 Å². The van der Waals surface area contributed by atoms with Gasteiger partial charge in [0.15, 0.2) is 0 Å². The number of hydrogen-bond donors (Lipinski definition) is 1. The molecule has 1 aromatic rings. The molecule has 0 spiro atoms. The van der Waals surface area contributed by atoms with Crippen LogP contribution in [-0.2, 0) is 4.79 Å². The molecule has 0 unspecified atom stereocenters. The smallest absolute Gasteiger partial charge is 0.317 e. The fourth-order valence-electron chi connectivity index (χ4n) is 3.90. The number of urea groups is 1. The van der Waals surface area contributed by atoms with Crippen LogP contribution in [0.1, 0.15) is 50.2 Å². The lowest BCUT2D eigenvalue weighted by Gasteiger charge is -2.35. The zero-order valence-corrected chi connectivity index (χ0v) is 15.5. The van der Waals surface area contributed by atoms with Gasteiger partial charge in [-0.25, -0.2) is 4.79 Å². The number of amides is 3. The molecule has 0 aliphatic carbocycles. The highest BCUT2D eigenvalue weighted by atomic mass is 16.2. The van der Waals surface area contributed by atoms with Gasteiger partial charge in [-0.3, -0.25) is 4.79 Å². The zero-order chi connectivity index (χ0) is 18.0. The van der Waals surface area contributed by atoms with Gasteiger partial charge in [-0.2, -0.15) is 0 Å². The second-order valence-electron chi connectivity index (χ2n) is 7.37. The minimum atomic E-state index is -0.110. The Kier molecular flexibility index (Phi) is 5.30. The normalized spacial score (nSPS) is 23.9. The summed E-state index contributed by atoms with van der Waals surface area (Å²) in [7, 11) is 0. The molecule has 1 N–H and O–H groups in total. The van der Waals surface area contributed by atoms with Gasteiger partial charge >= 0.3 is 6.03 Å². The van der Waals surface area contributed by atoms with Crippen LogP contribution in [0.5, 0.6) is 0 Å². The number of nitrogens with zero attached hydrogens (tertiary/aromatic N) is 2. The molecule has 5 nitrogen and oxygen atoms in total. The quantitative estimate of drug-likeness (QED) is 0.915. The molecule has 136 valence electrons. The molecule has 0 radical (unpaired) electrons. The van der Waals surface area contributed by atoms with E-state index in [0.29, 0.717) is 19.0 Å². The highest BCUT2D eigenvalue weighted by molar-refractivity contribution is 5.97. The summed E-state index contributed by atoms with van der Waals surface area (Å²) in [5.74, 6) is 0.0826. The molecule has 0 bridgehead atoms. The summed E-state index contributed by atoms with van der Waals surface area (Å²) in [4.78, 5) is 28.8. The minimum absolute atomic E-state index is 0.00807. The number of aryl methyl sites for hydroxylation is 2. The lowest BCUT2D eigenvalue weighted by atomic mass is 10.0. The van der Waals surface area contributed by atoms with Gasteiger partial charge in [0.25, 0.3) is 0 Å². The third-order valence-corrected chi connectivity index (χ3v) is 5.61. The number of nitrogens with one attached hydrogen (secondary N) is 1. The van der Waals surface area contributed by atoms with Crippen LogP contribution in [-0.4, -0.2) is 42.0 Å². The van der Waals surface area contributed by atoms with E-state index in [1.54, 1.807) is 4.90 Å². The average molecular weight is 343 g/mol. The first-order valence-corrected chi connectivity index (χ1v) is 9.44. The highest BCUT2D eigenvalue weighted by Crippen LogP contribution is 2.25. The van der Waals surface area contributed by atoms with Crippen LogP contribution in [0.25, 0.3) is 0 Å². The van der Waals surface area contributed by atoms with E-state index >= 15 is 0 Å². The van der Waals surface area contributed by atoms with E-state index in [2.05, 4.69) is 32.2 Å². The largest absolute Gasteiger partial charge is 0.333 e. The Morgan fingerprint density at radius 3 is 2.76 bits per heavy atom. The molecule has 2 aliphatic heterocycles. The number of hydrogen-bond acceptors (Lipinski definition) is 2. The van der Waals surface area contributed by atoms with E-state index in [9.17, 15) is 9.59 Å². The first-order chi connectivity index (χ1) is 12.0. The van der Waals surface area contributed by atoms with Crippen molar-refractivity contribution in [2.75, 3.05) is 18.0 Å². The van der Waals surface area contributed by atoms with E-state index in [1.807, 2.05) is 17.0 Å². The second kappa shape index (κ2) is 7.46. The number of carbonyl (C=O) groups excluding carboxylic acids is 2. The molecule has 0 saturated carbocycles. The van der Waals surface area contributed by atoms with Crippen molar-refractivity contribution in [2.24, 2.45) is 0 Å². The fraction of sp³-hybridized carbons (Fsp3) is 0.600. The average Bonchev–Trinajstić information content (AvgIpc) is 2.97. The summed E-state index contributed by atoms with van der Waals surface area (Å²) in [5, 5.41) is 3.09. The van der Waals surface area contributed by atoms with Crippen LogP contribution in [0.3, 0.4) is 0 Å². The van der Waals surface area contributed by atoms with Crippen LogP contribution in [0.4, 0.5) is 10.5 Å². The first-order valence-electron chi connectivity index (χ1n) is 9.44. The number of benzene rings is 1. The van der Waals surface area contributed by atoms with Crippen LogP contribution in [0.2, 0.25) is 0 Å². The summed E-state index contributed by atoms with van der Waals surface area (Å²) in [6.07, 6.45) is 4.73. The summed E-state index contributed by atoms with van der Waals surface area (Å²) in [6.45, 7) is 7.64. The second-order valence-corrected chi connectivity index (χ2v) is 7.37. The van der Waals surface area contributed by atoms with Gasteiger partial charge in [0.1, 0.15) is 0 Å². The Morgan fingerprint density at radius 1 is 1.24 bits per heavy atom. The molecular weight excluding hydrogens is 314 g/mol. The molecule has 2 atom stereocenters. The third-order valence-electron chi connectivity index (χ3n) is 5.61. The number of likely N-dealkylation sites (tertiary alicyclic amines) is 1. The van der Waals surface area contributed by atoms with Crippen molar-refractivity contribution in [1.29, 1.82) is 0 Å². The number of piperidine rings is 1. The standard InChI is InChI=1S/C20H29N3O2/c1-4-17-7-5-6-10-22(17)20(25)21-16-12-19(24)23(13-16)18-9-8-14(2)15(3)11-18/h8-9,11,16-17H,4-7,10,12-13H2,1-3H3,(H,21,25)/t16-,17+/m0/s1. The summed E-state index contributed by atoms with van der Waals surface area (Å²) >= 11 is 0. The zero-order valence-electron chi connectivity index (χ0n) is 15.5. The first kappa shape index (κ1) is 17.8. The van der Waals surface area contributed by atoms with E-state index < -0.39 is 0 Å². The van der Waals surface area contributed by atoms with Gasteiger partial charge in [-0.15, -0.1) is 0 Å². The highest BCUT2D eigenvalue weighted by Gasteiger charge is 2.34. The Hall–Kier alpha value is -2.04. The Morgan fingerprint density at radius 2 is 2.04 bits per heavy atom. The number of carbonyl (C=O) groups is 2. The summed E-state index contributed by atoms with van der Waals surface area (Å²) in [6, 6.07) is 6.30. The minimum Gasteiger partial charge on any atom is -0.333 e. The summed E-state index contributed by atoms with van der Waals surface area (Å²) in [5.41, 5.74) is 3.32. The van der Waals surface area contributed by atoms with Crippen molar-refractivity contribution in [1.82, 2.24) is 10.2 Å². The molecule has 5 heteroatoms. The van der Waals surface area contributed by atoms with Crippen molar-refractivity contribution < 1.29 is 9.59 Å². The van der Waals surface area contributed by atoms with Crippen LogP contribution >= 0.6 is 0 Å². The Labute approximate surface area is 150 Å². The van der Waals surface area contributed by atoms with E-state index in [-0.39, 0.29) is 18.0 Å². The lowest BCUT2D eigenvalue weighted by molar-refractivity contribution is -0.117. The molecule has 3 amide bonds. The van der Waals surface area contributed by atoms with Crippen LogP contribution < -0.4 is 10.2 Å². The maximum Gasteiger partial charge on any atom is 0.317 e. The van der Waals surface area contributed by atoms with Crippen molar-refractivity contribution in [3.8, 4) is 0 Å². The molecule has 3 rings (SSSR count). The molecule has 2 heterocycles. The van der Waals surface area contributed by atoms with Crippen molar-refractivity contribution in [3.63, 3.8) is 0 Å². The molecule has 2 fully saturated rings. The van der Waals surface area contributed by atoms with E-state index in [0.717, 1.165) is 31.5 Å². The van der Waals surface area contributed by atoms with Gasteiger partial charge in [0.2, 0.25) is 5.91 Å². The number of rotatable bonds is 3. The lowest BCUT2D eigenvalue weighted by Crippen LogP contribution is -2.51. The maximum absolute atomic E-state index is 12.7. The van der Waals surface area contributed by atoms with Crippen LogP contribution in [0, 0.1) is 13.8 Å². The van der Waals surface area contributed by atoms with Gasteiger partial charge in [-0.05, 0) is 62.8 Å².